The number of aliphatic hydroxyl groups excluding tert-OH is 1. The third-order valence-electron chi connectivity index (χ3n) is 7.70. The minimum absolute atomic E-state index is 0.0499. The Morgan fingerprint density at radius 3 is 2.24 bits per heavy atom. The average molecular weight is 618 g/mol. The van der Waals surface area contributed by atoms with Crippen LogP contribution in [0.1, 0.15) is 70.8 Å². The molecule has 10 nitrogen and oxygen atoms in total. The maximum absolute atomic E-state index is 13.9. The lowest BCUT2D eigenvalue weighted by Crippen LogP contribution is -2.56. The number of carbonyl (C=O) groups excluding carboxylic acids is 2. The smallest absolute Gasteiger partial charge is 0.408 e. The van der Waals surface area contributed by atoms with E-state index >= 15 is 0 Å². The summed E-state index contributed by atoms with van der Waals surface area (Å²) >= 11 is 0. The highest BCUT2D eigenvalue weighted by Gasteiger charge is 2.41. The van der Waals surface area contributed by atoms with Crippen LogP contribution in [-0.4, -0.2) is 91.5 Å². The second-order valence-electron chi connectivity index (χ2n) is 11.4. The molecule has 3 rings (SSSR count). The van der Waals surface area contributed by atoms with Crippen LogP contribution in [0.2, 0.25) is 0 Å². The van der Waals surface area contributed by atoms with Crippen LogP contribution >= 0.6 is 0 Å². The predicted molar refractivity (Wildman–Crippen MR) is 153 cm³/mol. The standard InChI is InChI=1S/C29H45F2N3O7S/c1-3-5-24(6-4-2)42(38,39)18-26(33-29(37)41-23-9-11-40-12-10-23)28(36)34(22-7-8-22)17-27(35)25(32)15-19-13-20(30)16-21(31)14-19/h13-14,16,22-27,35H,3-12,15,17-18,32H2,1-2H3,(H,33,37)/t25-,26?,27+/m0/s1. The van der Waals surface area contributed by atoms with Gasteiger partial charge in [-0.1, -0.05) is 26.7 Å². The summed E-state index contributed by atoms with van der Waals surface area (Å²) in [6.45, 7) is 4.41. The summed E-state index contributed by atoms with van der Waals surface area (Å²) in [6, 6.07) is 0.326. The number of nitrogens with one attached hydrogen (secondary N) is 1. The van der Waals surface area contributed by atoms with Gasteiger partial charge in [0.2, 0.25) is 5.91 Å². The molecule has 2 aliphatic rings. The molecule has 0 bridgehead atoms. The van der Waals surface area contributed by atoms with E-state index in [4.69, 9.17) is 15.2 Å². The number of hydrogen-bond acceptors (Lipinski definition) is 8. The largest absolute Gasteiger partial charge is 0.446 e. The molecule has 2 fully saturated rings. The summed E-state index contributed by atoms with van der Waals surface area (Å²) in [5.41, 5.74) is 6.41. The molecule has 1 heterocycles. The molecule has 1 aromatic carbocycles. The van der Waals surface area contributed by atoms with Crippen LogP contribution < -0.4 is 11.1 Å². The van der Waals surface area contributed by atoms with Crippen molar-refractivity contribution in [3.63, 3.8) is 0 Å². The van der Waals surface area contributed by atoms with Crippen molar-refractivity contribution in [2.24, 2.45) is 5.73 Å². The monoisotopic (exact) mass is 617 g/mol. The molecule has 3 atom stereocenters. The molecule has 13 heteroatoms. The number of ether oxygens (including phenoxy) is 2. The molecule has 0 aromatic heterocycles. The number of sulfone groups is 1. The second-order valence-corrected chi connectivity index (χ2v) is 13.7. The molecule has 1 aliphatic carbocycles. The lowest BCUT2D eigenvalue weighted by atomic mass is 10.0. The zero-order chi connectivity index (χ0) is 30.9. The first-order chi connectivity index (χ1) is 19.9. The maximum Gasteiger partial charge on any atom is 0.408 e. The third kappa shape index (κ3) is 10.4. The van der Waals surface area contributed by atoms with Crippen LogP contribution in [0, 0.1) is 11.6 Å². The Balaban J connectivity index is 1.77. The van der Waals surface area contributed by atoms with Crippen LogP contribution in [-0.2, 0) is 30.5 Å². The first-order valence-corrected chi connectivity index (χ1v) is 16.6. The first-order valence-electron chi connectivity index (χ1n) is 14.9. The molecule has 1 saturated heterocycles. The van der Waals surface area contributed by atoms with E-state index in [1.807, 2.05) is 13.8 Å². The van der Waals surface area contributed by atoms with Crippen molar-refractivity contribution in [1.82, 2.24) is 10.2 Å². The van der Waals surface area contributed by atoms with E-state index in [1.165, 1.54) is 4.90 Å². The van der Waals surface area contributed by atoms with E-state index in [0.717, 1.165) is 18.2 Å². The van der Waals surface area contributed by atoms with Gasteiger partial charge in [-0.15, -0.1) is 0 Å². The highest BCUT2D eigenvalue weighted by atomic mass is 32.2. The average Bonchev–Trinajstić information content (AvgIpc) is 3.76. The molecule has 1 unspecified atom stereocenters. The van der Waals surface area contributed by atoms with Crippen molar-refractivity contribution in [2.45, 2.75) is 107 Å². The van der Waals surface area contributed by atoms with Crippen molar-refractivity contribution >= 4 is 21.8 Å². The van der Waals surface area contributed by atoms with Gasteiger partial charge in [-0.3, -0.25) is 4.79 Å². The number of halogens is 2. The molecule has 4 N–H and O–H groups in total. The Bertz CT molecular complexity index is 1120. The van der Waals surface area contributed by atoms with Gasteiger partial charge in [0.05, 0.1) is 30.3 Å². The SMILES string of the molecule is CCCC(CCC)S(=O)(=O)CC(NC(=O)OC1CCOCC1)C(=O)N(C[C@@H](O)[C@@H](N)Cc1cc(F)cc(F)c1)C1CC1. The fourth-order valence-corrected chi connectivity index (χ4v) is 7.44. The molecule has 2 amide bonds. The molecule has 42 heavy (non-hydrogen) atoms. The van der Waals surface area contributed by atoms with Crippen LogP contribution in [0.3, 0.4) is 0 Å². The summed E-state index contributed by atoms with van der Waals surface area (Å²) in [5.74, 6) is -2.80. The summed E-state index contributed by atoms with van der Waals surface area (Å²) < 4.78 is 65.0. The molecular formula is C29H45F2N3O7S. The molecule has 1 saturated carbocycles. The van der Waals surface area contributed by atoms with Crippen molar-refractivity contribution < 1.29 is 41.4 Å². The number of aliphatic hydroxyl groups is 1. The van der Waals surface area contributed by atoms with Gasteiger partial charge < -0.3 is 30.5 Å². The predicted octanol–water partition coefficient (Wildman–Crippen LogP) is 2.84. The number of benzene rings is 1. The zero-order valence-corrected chi connectivity index (χ0v) is 25.3. The Labute approximate surface area is 247 Å². The lowest BCUT2D eigenvalue weighted by Gasteiger charge is -2.32. The van der Waals surface area contributed by atoms with Crippen molar-refractivity contribution in [3.8, 4) is 0 Å². The van der Waals surface area contributed by atoms with Gasteiger partial charge >= 0.3 is 6.09 Å². The van der Waals surface area contributed by atoms with E-state index in [-0.39, 0.29) is 24.6 Å². The van der Waals surface area contributed by atoms with E-state index < -0.39 is 68.8 Å². The molecule has 0 spiro atoms. The maximum atomic E-state index is 13.9. The van der Waals surface area contributed by atoms with Crippen molar-refractivity contribution in [1.29, 1.82) is 0 Å². The van der Waals surface area contributed by atoms with Gasteiger partial charge in [-0.25, -0.2) is 22.0 Å². The van der Waals surface area contributed by atoms with Gasteiger partial charge in [0, 0.05) is 37.5 Å². The van der Waals surface area contributed by atoms with Crippen molar-refractivity contribution in [3.05, 3.63) is 35.4 Å². The van der Waals surface area contributed by atoms with Crippen LogP contribution in [0.15, 0.2) is 18.2 Å². The molecule has 1 aliphatic heterocycles. The van der Waals surface area contributed by atoms with Crippen LogP contribution in [0.5, 0.6) is 0 Å². The number of nitrogens with two attached hydrogens (primary N) is 1. The summed E-state index contributed by atoms with van der Waals surface area (Å²) in [6.07, 6.45) is 1.81. The quantitative estimate of drug-likeness (QED) is 0.257. The summed E-state index contributed by atoms with van der Waals surface area (Å²) in [5, 5.41) is 12.8. The molecule has 0 radical (unpaired) electrons. The summed E-state index contributed by atoms with van der Waals surface area (Å²) in [7, 11) is -3.80. The highest BCUT2D eigenvalue weighted by Crippen LogP contribution is 2.29. The normalized spacial score (nSPS) is 18.4. The van der Waals surface area contributed by atoms with Gasteiger partial charge in [0.15, 0.2) is 9.84 Å². The number of hydrogen-bond donors (Lipinski definition) is 3. The van der Waals surface area contributed by atoms with Crippen LogP contribution in [0.25, 0.3) is 0 Å². The lowest BCUT2D eigenvalue weighted by molar-refractivity contribution is -0.135. The third-order valence-corrected chi connectivity index (χ3v) is 9.99. The van der Waals surface area contributed by atoms with Gasteiger partial charge in [-0.05, 0) is 49.8 Å². The molecular weight excluding hydrogens is 572 g/mol. The fraction of sp³-hybridized carbons (Fsp3) is 0.724. The summed E-state index contributed by atoms with van der Waals surface area (Å²) in [4.78, 5) is 28.1. The number of rotatable bonds is 16. The van der Waals surface area contributed by atoms with Gasteiger partial charge in [0.25, 0.3) is 0 Å². The molecule has 238 valence electrons. The number of nitrogens with zero attached hydrogens (tertiary/aromatic N) is 1. The fourth-order valence-electron chi connectivity index (χ4n) is 5.29. The van der Waals surface area contributed by atoms with E-state index in [0.29, 0.717) is 64.6 Å². The second kappa shape index (κ2) is 15.9. The molecule has 1 aromatic rings. The minimum atomic E-state index is -3.80. The first kappa shape index (κ1) is 34.1. The van der Waals surface area contributed by atoms with Crippen LogP contribution in [0.4, 0.5) is 13.6 Å². The van der Waals surface area contributed by atoms with Gasteiger partial charge in [-0.2, -0.15) is 0 Å². The Hall–Kier alpha value is -2.35. The van der Waals surface area contributed by atoms with E-state index in [9.17, 15) is 31.9 Å². The van der Waals surface area contributed by atoms with E-state index in [1.54, 1.807) is 0 Å². The topological polar surface area (TPSA) is 148 Å². The zero-order valence-electron chi connectivity index (χ0n) is 24.5. The minimum Gasteiger partial charge on any atom is -0.446 e. The Morgan fingerprint density at radius 1 is 1.10 bits per heavy atom. The van der Waals surface area contributed by atoms with E-state index in [2.05, 4.69) is 5.32 Å². The highest BCUT2D eigenvalue weighted by molar-refractivity contribution is 7.92. The Kier molecular flexibility index (Phi) is 12.9. The number of carbonyl (C=O) groups is 2. The number of alkyl carbamates (subject to hydrolysis) is 1. The Morgan fingerprint density at radius 2 is 1.69 bits per heavy atom. The van der Waals surface area contributed by atoms with Crippen molar-refractivity contribution in [2.75, 3.05) is 25.5 Å². The number of amides is 2. The van der Waals surface area contributed by atoms with Gasteiger partial charge in [0.1, 0.15) is 23.8 Å².